The van der Waals surface area contributed by atoms with Gasteiger partial charge in [-0.2, -0.15) is 0 Å². The van der Waals surface area contributed by atoms with Gasteiger partial charge in [0.25, 0.3) is 0 Å². The molecule has 1 heterocycles. The standard InChI is InChI=1S/C11H17NO3/c1-4-14-10(13)11(2,3)12-8-9-6-5-7-15-9/h5-7,12H,4,8H2,1-3H3. The van der Waals surface area contributed by atoms with Gasteiger partial charge in [-0.25, -0.2) is 0 Å². The van der Waals surface area contributed by atoms with Crippen LogP contribution < -0.4 is 5.32 Å². The van der Waals surface area contributed by atoms with Gasteiger partial charge in [-0.1, -0.05) is 0 Å². The van der Waals surface area contributed by atoms with Gasteiger partial charge in [0.15, 0.2) is 0 Å². The molecule has 0 saturated carbocycles. The van der Waals surface area contributed by atoms with Crippen molar-refractivity contribution < 1.29 is 13.9 Å². The van der Waals surface area contributed by atoms with Crippen LogP contribution in [0.3, 0.4) is 0 Å². The molecular formula is C11H17NO3. The summed E-state index contributed by atoms with van der Waals surface area (Å²) in [5.74, 6) is 0.545. The molecule has 0 fully saturated rings. The van der Waals surface area contributed by atoms with Crippen molar-refractivity contribution >= 4 is 5.97 Å². The van der Waals surface area contributed by atoms with E-state index >= 15 is 0 Å². The molecule has 0 atom stereocenters. The highest BCUT2D eigenvalue weighted by molar-refractivity contribution is 5.79. The van der Waals surface area contributed by atoms with Gasteiger partial charge >= 0.3 is 5.97 Å². The van der Waals surface area contributed by atoms with Gasteiger partial charge in [0.2, 0.25) is 0 Å². The van der Waals surface area contributed by atoms with Gasteiger partial charge in [0.1, 0.15) is 11.3 Å². The third kappa shape index (κ3) is 3.40. The summed E-state index contributed by atoms with van der Waals surface area (Å²) >= 11 is 0. The number of rotatable bonds is 5. The van der Waals surface area contributed by atoms with E-state index in [0.717, 1.165) is 5.76 Å². The molecule has 0 radical (unpaired) electrons. The first-order valence-electron chi connectivity index (χ1n) is 5.01. The zero-order valence-corrected chi connectivity index (χ0v) is 9.37. The highest BCUT2D eigenvalue weighted by atomic mass is 16.5. The number of ether oxygens (including phenoxy) is 1. The first-order valence-corrected chi connectivity index (χ1v) is 5.01. The van der Waals surface area contributed by atoms with Crippen LogP contribution in [0, 0.1) is 0 Å². The second-order valence-electron chi connectivity index (χ2n) is 3.78. The van der Waals surface area contributed by atoms with E-state index in [4.69, 9.17) is 9.15 Å². The third-order valence-electron chi connectivity index (χ3n) is 2.07. The molecule has 0 amide bonds. The molecule has 0 saturated heterocycles. The molecule has 0 aliphatic rings. The van der Waals surface area contributed by atoms with Crippen molar-refractivity contribution in [3.63, 3.8) is 0 Å². The van der Waals surface area contributed by atoms with E-state index in [1.54, 1.807) is 27.0 Å². The maximum Gasteiger partial charge on any atom is 0.325 e. The van der Waals surface area contributed by atoms with Crippen LogP contribution in [0.25, 0.3) is 0 Å². The van der Waals surface area contributed by atoms with Gasteiger partial charge in [-0.3, -0.25) is 10.1 Å². The molecule has 4 heteroatoms. The summed E-state index contributed by atoms with van der Waals surface area (Å²) in [5.41, 5.74) is -0.692. The Morgan fingerprint density at radius 3 is 2.87 bits per heavy atom. The molecule has 1 aromatic heterocycles. The number of nitrogens with one attached hydrogen (secondary N) is 1. The fourth-order valence-corrected chi connectivity index (χ4v) is 1.10. The predicted octanol–water partition coefficient (Wildman–Crippen LogP) is 1.71. The normalized spacial score (nSPS) is 11.4. The summed E-state index contributed by atoms with van der Waals surface area (Å²) in [6, 6.07) is 3.67. The monoisotopic (exact) mass is 211 g/mol. The average molecular weight is 211 g/mol. The van der Waals surface area contributed by atoms with E-state index in [0.29, 0.717) is 13.2 Å². The topological polar surface area (TPSA) is 51.5 Å². The Morgan fingerprint density at radius 1 is 1.60 bits per heavy atom. The van der Waals surface area contributed by atoms with Crippen LogP contribution in [0.2, 0.25) is 0 Å². The van der Waals surface area contributed by atoms with Gasteiger partial charge in [-0.05, 0) is 32.9 Å². The maximum atomic E-state index is 11.5. The summed E-state index contributed by atoms with van der Waals surface area (Å²) in [6.07, 6.45) is 1.61. The molecule has 0 spiro atoms. The molecule has 0 bridgehead atoms. The van der Waals surface area contributed by atoms with E-state index < -0.39 is 5.54 Å². The van der Waals surface area contributed by atoms with E-state index in [1.807, 2.05) is 12.1 Å². The summed E-state index contributed by atoms with van der Waals surface area (Å²) in [5, 5.41) is 3.08. The van der Waals surface area contributed by atoms with Crippen molar-refractivity contribution in [3.05, 3.63) is 24.2 Å². The molecule has 1 aromatic rings. The Balaban J connectivity index is 2.45. The fraction of sp³-hybridized carbons (Fsp3) is 0.545. The molecule has 0 unspecified atom stereocenters. The van der Waals surface area contributed by atoms with Gasteiger partial charge < -0.3 is 9.15 Å². The Morgan fingerprint density at radius 2 is 2.33 bits per heavy atom. The van der Waals surface area contributed by atoms with Gasteiger partial charge in [0, 0.05) is 0 Å². The smallest absolute Gasteiger partial charge is 0.325 e. The van der Waals surface area contributed by atoms with Crippen LogP contribution >= 0.6 is 0 Å². The Bertz CT molecular complexity index is 304. The van der Waals surface area contributed by atoms with Gasteiger partial charge in [0.05, 0.1) is 19.4 Å². The van der Waals surface area contributed by atoms with Crippen molar-refractivity contribution in [1.82, 2.24) is 5.32 Å². The second kappa shape index (κ2) is 4.98. The van der Waals surface area contributed by atoms with E-state index in [1.165, 1.54) is 0 Å². The molecule has 0 aliphatic heterocycles. The van der Waals surface area contributed by atoms with E-state index in [-0.39, 0.29) is 5.97 Å². The van der Waals surface area contributed by atoms with Gasteiger partial charge in [-0.15, -0.1) is 0 Å². The molecule has 4 nitrogen and oxygen atoms in total. The maximum absolute atomic E-state index is 11.5. The largest absolute Gasteiger partial charge is 0.468 e. The minimum Gasteiger partial charge on any atom is -0.468 e. The lowest BCUT2D eigenvalue weighted by molar-refractivity contribution is -0.149. The third-order valence-corrected chi connectivity index (χ3v) is 2.07. The number of furan rings is 1. The van der Waals surface area contributed by atoms with Crippen LogP contribution in [0.15, 0.2) is 22.8 Å². The van der Waals surface area contributed by atoms with Crippen LogP contribution in [-0.4, -0.2) is 18.1 Å². The zero-order valence-electron chi connectivity index (χ0n) is 9.37. The van der Waals surface area contributed by atoms with Crippen molar-refractivity contribution in [1.29, 1.82) is 0 Å². The van der Waals surface area contributed by atoms with Crippen molar-refractivity contribution in [2.24, 2.45) is 0 Å². The quantitative estimate of drug-likeness (QED) is 0.753. The lowest BCUT2D eigenvalue weighted by Gasteiger charge is -2.23. The fourth-order valence-electron chi connectivity index (χ4n) is 1.10. The van der Waals surface area contributed by atoms with Crippen molar-refractivity contribution in [3.8, 4) is 0 Å². The number of carbonyl (C=O) groups excluding carboxylic acids is 1. The zero-order chi connectivity index (χ0) is 11.3. The minimum absolute atomic E-state index is 0.253. The second-order valence-corrected chi connectivity index (χ2v) is 3.78. The van der Waals surface area contributed by atoms with Crippen molar-refractivity contribution in [2.75, 3.05) is 6.61 Å². The highest BCUT2D eigenvalue weighted by Crippen LogP contribution is 2.08. The summed E-state index contributed by atoms with van der Waals surface area (Å²) < 4.78 is 10.1. The highest BCUT2D eigenvalue weighted by Gasteiger charge is 2.28. The summed E-state index contributed by atoms with van der Waals surface area (Å²) in [4.78, 5) is 11.5. The predicted molar refractivity (Wildman–Crippen MR) is 56.3 cm³/mol. The summed E-state index contributed by atoms with van der Waals surface area (Å²) in [7, 11) is 0. The first kappa shape index (κ1) is 11.8. The Kier molecular flexibility index (Phi) is 3.91. The number of hydrogen-bond donors (Lipinski definition) is 1. The number of hydrogen-bond acceptors (Lipinski definition) is 4. The van der Waals surface area contributed by atoms with Crippen LogP contribution in [0.5, 0.6) is 0 Å². The lowest BCUT2D eigenvalue weighted by Crippen LogP contribution is -2.47. The molecule has 1 N–H and O–H groups in total. The Labute approximate surface area is 89.6 Å². The van der Waals surface area contributed by atoms with Crippen LogP contribution in [-0.2, 0) is 16.1 Å². The molecule has 84 valence electrons. The van der Waals surface area contributed by atoms with Crippen LogP contribution in [0.4, 0.5) is 0 Å². The first-order chi connectivity index (χ1) is 7.06. The van der Waals surface area contributed by atoms with Crippen LogP contribution in [0.1, 0.15) is 26.5 Å². The molecule has 1 rings (SSSR count). The minimum atomic E-state index is -0.692. The molecule has 0 aromatic carbocycles. The van der Waals surface area contributed by atoms with E-state index in [9.17, 15) is 4.79 Å². The average Bonchev–Trinajstić information content (AvgIpc) is 2.68. The number of esters is 1. The molecule has 0 aliphatic carbocycles. The molecular weight excluding hydrogens is 194 g/mol. The SMILES string of the molecule is CCOC(=O)C(C)(C)NCc1ccco1. The lowest BCUT2D eigenvalue weighted by atomic mass is 10.1. The Hall–Kier alpha value is -1.29. The summed E-state index contributed by atoms with van der Waals surface area (Å²) in [6.45, 7) is 6.27. The number of carbonyl (C=O) groups is 1. The van der Waals surface area contributed by atoms with E-state index in [2.05, 4.69) is 5.32 Å². The molecule has 15 heavy (non-hydrogen) atoms. The van der Waals surface area contributed by atoms with Crippen molar-refractivity contribution in [2.45, 2.75) is 32.9 Å².